The van der Waals surface area contributed by atoms with E-state index in [2.05, 4.69) is 4.98 Å². The van der Waals surface area contributed by atoms with Gasteiger partial charge in [-0.3, -0.25) is 4.98 Å². The fraction of sp³-hybridized carbons (Fsp3) is 0. The lowest BCUT2D eigenvalue weighted by Crippen LogP contribution is -1.93. The zero-order valence-corrected chi connectivity index (χ0v) is 16.3. The first-order valence-corrected chi connectivity index (χ1v) is 8.91. The maximum Gasteiger partial charge on any atom is 0.0811 e. The third-order valence-corrected chi connectivity index (χ3v) is 5.64. The molecular formula is C17H7Cl6N. The lowest BCUT2D eigenvalue weighted by molar-refractivity contribution is 1.32. The third-order valence-electron chi connectivity index (χ3n) is 3.40. The van der Waals surface area contributed by atoms with Crippen LogP contribution in [0.25, 0.3) is 22.4 Å². The Kier molecular flexibility index (Phi) is 5.51. The van der Waals surface area contributed by atoms with Crippen LogP contribution in [0.1, 0.15) is 0 Å². The summed E-state index contributed by atoms with van der Waals surface area (Å²) in [4.78, 5) is 4.41. The van der Waals surface area contributed by atoms with Crippen LogP contribution in [0.3, 0.4) is 0 Å². The van der Waals surface area contributed by atoms with Crippen molar-refractivity contribution in [3.63, 3.8) is 0 Å². The smallest absolute Gasteiger partial charge is 0.0811 e. The number of benzene rings is 2. The van der Waals surface area contributed by atoms with Gasteiger partial charge in [-0.1, -0.05) is 75.7 Å². The van der Waals surface area contributed by atoms with Crippen LogP contribution in [0.2, 0.25) is 30.1 Å². The number of pyridine rings is 1. The van der Waals surface area contributed by atoms with E-state index in [0.29, 0.717) is 52.5 Å². The molecule has 0 spiro atoms. The maximum atomic E-state index is 6.37. The second kappa shape index (κ2) is 7.29. The summed E-state index contributed by atoms with van der Waals surface area (Å²) in [5.74, 6) is 0. The van der Waals surface area contributed by atoms with E-state index in [9.17, 15) is 0 Å². The fourth-order valence-corrected chi connectivity index (χ4v) is 3.76. The average molecular weight is 438 g/mol. The van der Waals surface area contributed by atoms with Gasteiger partial charge in [-0.25, -0.2) is 0 Å². The lowest BCUT2D eigenvalue weighted by atomic mass is 9.99. The van der Waals surface area contributed by atoms with Crippen molar-refractivity contribution in [3.8, 4) is 22.4 Å². The first kappa shape index (κ1) is 18.1. The van der Waals surface area contributed by atoms with Crippen molar-refractivity contribution in [1.29, 1.82) is 0 Å². The predicted octanol–water partition coefficient (Wildman–Crippen LogP) is 8.34. The van der Waals surface area contributed by atoms with Gasteiger partial charge in [-0.2, -0.15) is 0 Å². The summed E-state index contributed by atoms with van der Waals surface area (Å²) in [7, 11) is 0. The molecule has 122 valence electrons. The van der Waals surface area contributed by atoms with E-state index >= 15 is 0 Å². The minimum Gasteiger partial charge on any atom is -0.255 e. The van der Waals surface area contributed by atoms with Gasteiger partial charge in [0, 0.05) is 22.9 Å². The van der Waals surface area contributed by atoms with Crippen molar-refractivity contribution in [3.05, 3.63) is 72.7 Å². The molecule has 0 saturated carbocycles. The summed E-state index contributed by atoms with van der Waals surface area (Å²) in [6.07, 6.45) is 1.62. The molecule has 0 radical (unpaired) electrons. The van der Waals surface area contributed by atoms with E-state index in [1.807, 2.05) is 6.07 Å². The number of hydrogen-bond acceptors (Lipinski definition) is 1. The molecule has 0 aliphatic rings. The molecule has 0 unspecified atom stereocenters. The Balaban J connectivity index is 2.37. The molecule has 0 aliphatic carbocycles. The zero-order valence-electron chi connectivity index (χ0n) is 11.8. The molecule has 0 saturated heterocycles. The highest BCUT2D eigenvalue weighted by atomic mass is 35.5. The van der Waals surface area contributed by atoms with Gasteiger partial charge in [-0.15, -0.1) is 0 Å². The van der Waals surface area contributed by atoms with Crippen LogP contribution < -0.4 is 0 Å². The van der Waals surface area contributed by atoms with Gasteiger partial charge >= 0.3 is 0 Å². The Bertz CT molecular complexity index is 862. The zero-order chi connectivity index (χ0) is 17.4. The lowest BCUT2D eigenvalue weighted by Gasteiger charge is -2.15. The summed E-state index contributed by atoms with van der Waals surface area (Å²) in [5, 5.41) is 2.24. The van der Waals surface area contributed by atoms with Gasteiger partial charge in [-0.05, 0) is 30.3 Å². The Labute approximate surface area is 169 Å². The first-order chi connectivity index (χ1) is 11.4. The highest BCUT2D eigenvalue weighted by Gasteiger charge is 2.21. The van der Waals surface area contributed by atoms with Crippen LogP contribution in [0, 0.1) is 0 Å². The summed E-state index contributed by atoms with van der Waals surface area (Å²) in [6.45, 7) is 0. The molecule has 3 aromatic rings. The number of nitrogens with zero attached hydrogens (tertiary/aromatic N) is 1. The Morgan fingerprint density at radius 3 is 1.71 bits per heavy atom. The second-order valence-electron chi connectivity index (χ2n) is 4.84. The second-order valence-corrected chi connectivity index (χ2v) is 7.22. The Morgan fingerprint density at radius 2 is 1.08 bits per heavy atom. The van der Waals surface area contributed by atoms with Crippen LogP contribution >= 0.6 is 69.6 Å². The topological polar surface area (TPSA) is 12.9 Å². The highest BCUT2D eigenvalue weighted by molar-refractivity contribution is 6.47. The van der Waals surface area contributed by atoms with Crippen molar-refractivity contribution in [2.75, 3.05) is 0 Å². The van der Waals surface area contributed by atoms with Crippen LogP contribution in [-0.2, 0) is 0 Å². The molecule has 0 N–H and O–H groups in total. The van der Waals surface area contributed by atoms with Crippen molar-refractivity contribution >= 4 is 69.6 Å². The molecule has 0 atom stereocenters. The molecule has 7 heteroatoms. The van der Waals surface area contributed by atoms with Crippen LogP contribution in [0.15, 0.2) is 42.6 Å². The molecule has 0 bridgehead atoms. The van der Waals surface area contributed by atoms with Crippen molar-refractivity contribution in [1.82, 2.24) is 4.98 Å². The van der Waals surface area contributed by atoms with E-state index in [1.54, 1.807) is 36.5 Å². The quantitative estimate of drug-likeness (QED) is 0.367. The number of halogens is 6. The first-order valence-electron chi connectivity index (χ1n) is 6.64. The largest absolute Gasteiger partial charge is 0.255 e. The van der Waals surface area contributed by atoms with E-state index in [1.165, 1.54) is 0 Å². The minimum absolute atomic E-state index is 0.304. The SMILES string of the molecule is Clc1ccc(Cl)c(-c2cccnc2-c2c(Cl)ccc(Cl)c2Cl)c1Cl. The monoisotopic (exact) mass is 435 g/mol. The van der Waals surface area contributed by atoms with Crippen LogP contribution in [0.5, 0.6) is 0 Å². The molecule has 0 amide bonds. The summed E-state index contributed by atoms with van der Waals surface area (Å²) >= 11 is 37.7. The van der Waals surface area contributed by atoms with E-state index in [0.717, 1.165) is 0 Å². The third kappa shape index (κ3) is 3.22. The molecule has 0 aliphatic heterocycles. The predicted molar refractivity (Wildman–Crippen MR) is 105 cm³/mol. The normalized spacial score (nSPS) is 10.9. The van der Waals surface area contributed by atoms with Gasteiger partial charge < -0.3 is 0 Å². The maximum absolute atomic E-state index is 6.37. The van der Waals surface area contributed by atoms with Gasteiger partial charge in [0.15, 0.2) is 0 Å². The molecule has 0 fully saturated rings. The van der Waals surface area contributed by atoms with Gasteiger partial charge in [0.1, 0.15) is 0 Å². The number of hydrogen-bond donors (Lipinski definition) is 0. The van der Waals surface area contributed by atoms with Crippen molar-refractivity contribution in [2.45, 2.75) is 0 Å². The van der Waals surface area contributed by atoms with Gasteiger partial charge in [0.2, 0.25) is 0 Å². The summed E-state index contributed by atoms with van der Waals surface area (Å²) in [6, 6.07) is 10.2. The standard InChI is InChI=1S/C17H7Cl6N/c18-9-3-5-11(20)15(22)13(9)8-2-1-7-24-17(8)14-10(19)4-6-12(21)16(14)23/h1-7H. The van der Waals surface area contributed by atoms with E-state index < -0.39 is 0 Å². The summed E-state index contributed by atoms with van der Waals surface area (Å²) in [5.41, 5.74) is 2.23. The molecule has 1 nitrogen and oxygen atoms in total. The van der Waals surface area contributed by atoms with Crippen molar-refractivity contribution < 1.29 is 0 Å². The highest BCUT2D eigenvalue weighted by Crippen LogP contribution is 2.46. The number of rotatable bonds is 2. The minimum atomic E-state index is 0.304. The molecular weight excluding hydrogens is 431 g/mol. The molecule has 1 aromatic heterocycles. The fourth-order valence-electron chi connectivity index (χ4n) is 2.32. The van der Waals surface area contributed by atoms with Crippen LogP contribution in [-0.4, -0.2) is 4.98 Å². The Hall–Kier alpha value is -0.670. The number of aromatic nitrogens is 1. The summed E-state index contributed by atoms with van der Waals surface area (Å²) < 4.78 is 0. The molecule has 1 heterocycles. The van der Waals surface area contributed by atoms with Gasteiger partial charge in [0.25, 0.3) is 0 Å². The van der Waals surface area contributed by atoms with Crippen molar-refractivity contribution in [2.24, 2.45) is 0 Å². The Morgan fingerprint density at radius 1 is 0.583 bits per heavy atom. The molecule has 24 heavy (non-hydrogen) atoms. The van der Waals surface area contributed by atoms with Crippen LogP contribution in [0.4, 0.5) is 0 Å². The molecule has 2 aromatic carbocycles. The van der Waals surface area contributed by atoms with E-state index in [-0.39, 0.29) is 0 Å². The van der Waals surface area contributed by atoms with Gasteiger partial charge in [0.05, 0.1) is 35.8 Å². The average Bonchev–Trinajstić information content (AvgIpc) is 2.56. The molecule has 3 rings (SSSR count). The van der Waals surface area contributed by atoms with E-state index in [4.69, 9.17) is 69.6 Å².